The van der Waals surface area contributed by atoms with Gasteiger partial charge in [-0.2, -0.15) is 0 Å². The zero-order chi connectivity index (χ0) is 13.7. The molecule has 1 atom stereocenters. The summed E-state index contributed by atoms with van der Waals surface area (Å²) in [4.78, 5) is 11.1. The largest absolute Gasteiger partial charge is 0.473 e. The summed E-state index contributed by atoms with van der Waals surface area (Å²) in [7, 11) is 1.17. The van der Waals surface area contributed by atoms with Gasteiger partial charge in [0.15, 0.2) is 23.5 Å². The Morgan fingerprint density at radius 2 is 1.94 bits per heavy atom. The van der Waals surface area contributed by atoms with E-state index in [1.165, 1.54) is 14.0 Å². The van der Waals surface area contributed by atoms with Crippen LogP contribution in [0.25, 0.3) is 0 Å². The highest BCUT2D eigenvalue weighted by Crippen LogP contribution is 2.24. The molecule has 0 aliphatic rings. The number of halogens is 2. The standard InChI is InChI=1S/C12H15F2NO3/c1-7(12(16)17-2)18-11-9(13)5-8(3-4-15)6-10(11)14/h5-7H,3-4,15H2,1-2H3. The molecule has 18 heavy (non-hydrogen) atoms. The van der Waals surface area contributed by atoms with Gasteiger partial charge in [-0.05, 0) is 37.6 Å². The van der Waals surface area contributed by atoms with Gasteiger partial charge in [0.1, 0.15) is 0 Å². The second kappa shape index (κ2) is 6.30. The van der Waals surface area contributed by atoms with E-state index in [9.17, 15) is 13.6 Å². The molecule has 2 N–H and O–H groups in total. The molecule has 0 fully saturated rings. The van der Waals surface area contributed by atoms with E-state index in [1.54, 1.807) is 0 Å². The van der Waals surface area contributed by atoms with Crippen LogP contribution in [0.3, 0.4) is 0 Å². The van der Waals surface area contributed by atoms with Gasteiger partial charge in [-0.1, -0.05) is 0 Å². The summed E-state index contributed by atoms with van der Waals surface area (Å²) in [6.07, 6.45) is -0.722. The van der Waals surface area contributed by atoms with E-state index < -0.39 is 29.5 Å². The molecule has 0 aromatic heterocycles. The maximum atomic E-state index is 13.6. The molecule has 0 aliphatic heterocycles. The number of nitrogens with two attached hydrogens (primary N) is 1. The van der Waals surface area contributed by atoms with E-state index in [0.717, 1.165) is 12.1 Å². The number of hydrogen-bond donors (Lipinski definition) is 1. The van der Waals surface area contributed by atoms with Gasteiger partial charge in [0.25, 0.3) is 0 Å². The van der Waals surface area contributed by atoms with Crippen molar-refractivity contribution in [2.45, 2.75) is 19.4 Å². The van der Waals surface area contributed by atoms with Gasteiger partial charge in [0.2, 0.25) is 0 Å². The summed E-state index contributed by atoms with van der Waals surface area (Å²) < 4.78 is 36.5. The smallest absolute Gasteiger partial charge is 0.346 e. The summed E-state index contributed by atoms with van der Waals surface area (Å²) in [5, 5.41) is 0. The SMILES string of the molecule is COC(=O)C(C)Oc1c(F)cc(CCN)cc1F. The lowest BCUT2D eigenvalue weighted by molar-refractivity contribution is -0.148. The molecule has 0 saturated carbocycles. The molecule has 0 saturated heterocycles. The lowest BCUT2D eigenvalue weighted by Gasteiger charge is -2.14. The van der Waals surface area contributed by atoms with Crippen molar-refractivity contribution in [2.24, 2.45) is 5.73 Å². The maximum absolute atomic E-state index is 13.6. The Labute approximate surface area is 104 Å². The molecule has 1 rings (SSSR count). The van der Waals surface area contributed by atoms with Crippen LogP contribution in [0.1, 0.15) is 12.5 Å². The van der Waals surface area contributed by atoms with E-state index >= 15 is 0 Å². The zero-order valence-corrected chi connectivity index (χ0v) is 10.2. The van der Waals surface area contributed by atoms with E-state index in [-0.39, 0.29) is 6.54 Å². The topological polar surface area (TPSA) is 61.5 Å². The van der Waals surface area contributed by atoms with Crippen LogP contribution in [-0.4, -0.2) is 25.7 Å². The first-order chi connectivity index (χ1) is 8.49. The van der Waals surface area contributed by atoms with Crippen molar-refractivity contribution in [3.05, 3.63) is 29.3 Å². The van der Waals surface area contributed by atoms with Crippen molar-refractivity contribution >= 4 is 5.97 Å². The van der Waals surface area contributed by atoms with E-state index in [1.807, 2.05) is 0 Å². The predicted molar refractivity (Wildman–Crippen MR) is 61.2 cm³/mol. The van der Waals surface area contributed by atoms with Gasteiger partial charge in [0.05, 0.1) is 7.11 Å². The molecule has 100 valence electrons. The molecule has 0 spiro atoms. The van der Waals surface area contributed by atoms with Crippen molar-refractivity contribution in [2.75, 3.05) is 13.7 Å². The third-order valence-corrected chi connectivity index (χ3v) is 2.32. The van der Waals surface area contributed by atoms with Crippen LogP contribution in [0.2, 0.25) is 0 Å². The van der Waals surface area contributed by atoms with Crippen LogP contribution in [0.5, 0.6) is 5.75 Å². The van der Waals surface area contributed by atoms with Crippen molar-refractivity contribution in [3.8, 4) is 5.75 Å². The highest BCUT2D eigenvalue weighted by Gasteiger charge is 2.20. The summed E-state index contributed by atoms with van der Waals surface area (Å²) >= 11 is 0. The highest BCUT2D eigenvalue weighted by molar-refractivity contribution is 5.74. The molecular formula is C12H15F2NO3. The van der Waals surface area contributed by atoms with Crippen molar-refractivity contribution in [3.63, 3.8) is 0 Å². The summed E-state index contributed by atoms with van der Waals surface area (Å²) in [6, 6.07) is 2.27. The number of carbonyl (C=O) groups is 1. The molecule has 0 bridgehead atoms. The second-order valence-corrected chi connectivity index (χ2v) is 3.71. The maximum Gasteiger partial charge on any atom is 0.346 e. The Bertz CT molecular complexity index is 414. The number of ether oxygens (including phenoxy) is 2. The lowest BCUT2D eigenvalue weighted by Crippen LogP contribution is -2.25. The minimum absolute atomic E-state index is 0.289. The van der Waals surface area contributed by atoms with Gasteiger partial charge >= 0.3 is 5.97 Å². The first-order valence-corrected chi connectivity index (χ1v) is 5.42. The molecule has 6 heteroatoms. The van der Waals surface area contributed by atoms with Crippen LogP contribution >= 0.6 is 0 Å². The summed E-state index contributed by atoms with van der Waals surface area (Å²) in [5.74, 6) is -3.03. The minimum atomic E-state index is -1.08. The Morgan fingerprint density at radius 3 is 2.39 bits per heavy atom. The van der Waals surface area contributed by atoms with E-state index in [2.05, 4.69) is 4.74 Å². The molecule has 1 unspecified atom stereocenters. The number of esters is 1. The van der Waals surface area contributed by atoms with E-state index in [0.29, 0.717) is 12.0 Å². The Morgan fingerprint density at radius 1 is 1.39 bits per heavy atom. The van der Waals surface area contributed by atoms with Crippen molar-refractivity contribution in [1.29, 1.82) is 0 Å². The monoisotopic (exact) mass is 259 g/mol. The first-order valence-electron chi connectivity index (χ1n) is 5.42. The number of rotatable bonds is 5. The van der Waals surface area contributed by atoms with Gasteiger partial charge in [-0.3, -0.25) is 0 Å². The fourth-order valence-corrected chi connectivity index (χ4v) is 1.43. The Balaban J connectivity index is 2.93. The van der Waals surface area contributed by atoms with Gasteiger partial charge in [-0.25, -0.2) is 13.6 Å². The van der Waals surface area contributed by atoms with Crippen LogP contribution in [0.15, 0.2) is 12.1 Å². The normalized spacial score (nSPS) is 12.1. The fraction of sp³-hybridized carbons (Fsp3) is 0.417. The van der Waals surface area contributed by atoms with Gasteiger partial charge < -0.3 is 15.2 Å². The molecular weight excluding hydrogens is 244 g/mol. The lowest BCUT2D eigenvalue weighted by atomic mass is 10.1. The third-order valence-electron chi connectivity index (χ3n) is 2.32. The molecule has 0 amide bonds. The minimum Gasteiger partial charge on any atom is -0.473 e. The molecule has 1 aromatic carbocycles. The van der Waals surface area contributed by atoms with Gasteiger partial charge in [0, 0.05) is 0 Å². The van der Waals surface area contributed by atoms with Crippen LogP contribution in [-0.2, 0) is 16.0 Å². The summed E-state index contributed by atoms with van der Waals surface area (Å²) in [5.41, 5.74) is 5.74. The van der Waals surface area contributed by atoms with Crippen LogP contribution in [0, 0.1) is 11.6 Å². The number of hydrogen-bond acceptors (Lipinski definition) is 4. The predicted octanol–water partition coefficient (Wildman–Crippen LogP) is 1.41. The molecule has 1 aromatic rings. The Kier molecular flexibility index (Phi) is 5.03. The number of benzene rings is 1. The van der Waals surface area contributed by atoms with E-state index in [4.69, 9.17) is 10.5 Å². The average Bonchev–Trinajstić information content (AvgIpc) is 2.33. The fourth-order valence-electron chi connectivity index (χ4n) is 1.43. The third kappa shape index (κ3) is 3.40. The molecule has 0 aliphatic carbocycles. The van der Waals surface area contributed by atoms with Crippen molar-refractivity contribution in [1.82, 2.24) is 0 Å². The van der Waals surface area contributed by atoms with Crippen LogP contribution in [0.4, 0.5) is 8.78 Å². The van der Waals surface area contributed by atoms with Crippen LogP contribution < -0.4 is 10.5 Å². The van der Waals surface area contributed by atoms with Gasteiger partial charge in [-0.15, -0.1) is 0 Å². The number of carbonyl (C=O) groups excluding carboxylic acids is 1. The van der Waals surface area contributed by atoms with Crippen molar-refractivity contribution < 1.29 is 23.0 Å². The second-order valence-electron chi connectivity index (χ2n) is 3.71. The zero-order valence-electron chi connectivity index (χ0n) is 10.2. The molecule has 0 radical (unpaired) electrons. The number of methoxy groups -OCH3 is 1. The molecule has 4 nitrogen and oxygen atoms in total. The average molecular weight is 259 g/mol. The Hall–Kier alpha value is -1.69. The highest BCUT2D eigenvalue weighted by atomic mass is 19.1. The quantitative estimate of drug-likeness (QED) is 0.812. The summed E-state index contributed by atoms with van der Waals surface area (Å²) in [6.45, 7) is 1.64. The first kappa shape index (κ1) is 14.4. The molecule has 0 heterocycles.